The Balaban J connectivity index is 2.37. The van der Waals surface area contributed by atoms with Crippen LogP contribution in [0.4, 0.5) is 0 Å². The van der Waals surface area contributed by atoms with Crippen molar-refractivity contribution in [2.45, 2.75) is 45.3 Å². The van der Waals surface area contributed by atoms with Gasteiger partial charge in [-0.15, -0.1) is 0 Å². The molecule has 1 aliphatic heterocycles. The van der Waals surface area contributed by atoms with E-state index in [-0.39, 0.29) is 24.4 Å². The lowest BCUT2D eigenvalue weighted by Crippen LogP contribution is -2.45. The van der Waals surface area contributed by atoms with E-state index in [1.165, 1.54) is 0 Å². The molecule has 5 nitrogen and oxygen atoms in total. The minimum atomic E-state index is -0.488. The maximum absolute atomic E-state index is 11.8. The van der Waals surface area contributed by atoms with Gasteiger partial charge in [-0.1, -0.05) is 20.3 Å². The van der Waals surface area contributed by atoms with E-state index in [1.807, 2.05) is 19.0 Å². The lowest BCUT2D eigenvalue weighted by molar-refractivity contribution is -0.124. The molecule has 0 aliphatic carbocycles. The number of hydrogen-bond donors (Lipinski definition) is 1. The smallest absolute Gasteiger partial charge is 0.224 e. The van der Waals surface area contributed by atoms with E-state index in [9.17, 15) is 9.59 Å². The van der Waals surface area contributed by atoms with Gasteiger partial charge in [-0.2, -0.15) is 0 Å². The highest BCUT2D eigenvalue weighted by Crippen LogP contribution is 2.15. The number of Topliss-reactive ketones (excluding diaryl/α,β-unsaturated/α-hetero) is 1. The van der Waals surface area contributed by atoms with Gasteiger partial charge in [0.1, 0.15) is 12.6 Å². The van der Waals surface area contributed by atoms with Gasteiger partial charge in [0.25, 0.3) is 0 Å². The average molecular weight is 283 g/mol. The Morgan fingerprint density at radius 1 is 1.50 bits per heavy atom. The Bertz CT molecular complexity index is 329. The number of amides is 1. The van der Waals surface area contributed by atoms with Crippen LogP contribution in [0.25, 0.3) is 0 Å². The summed E-state index contributed by atoms with van der Waals surface area (Å²) in [4.78, 5) is 25.6. The molecule has 1 rings (SSSR count). The Labute approximate surface area is 122 Å². The number of carbonyl (C=O) groups is 2. The van der Waals surface area contributed by atoms with Crippen molar-refractivity contribution in [1.29, 1.82) is 0 Å². The fraction of sp³-hybridized carbons (Fsp3) is 0.800. The zero-order chi connectivity index (χ0) is 15.1. The molecule has 2 unspecified atom stereocenters. The van der Waals surface area contributed by atoms with E-state index in [2.05, 4.69) is 19.2 Å². The molecule has 1 N–H and O–H groups in total. The fourth-order valence-electron chi connectivity index (χ4n) is 2.15. The molecule has 115 valence electrons. The number of nitrogens with zero attached hydrogens (tertiary/aromatic N) is 1. The van der Waals surface area contributed by atoms with E-state index < -0.39 is 6.04 Å². The van der Waals surface area contributed by atoms with Gasteiger partial charge in [0.05, 0.1) is 6.10 Å². The lowest BCUT2D eigenvalue weighted by atomic mass is 10.0. The van der Waals surface area contributed by atoms with Crippen LogP contribution in [-0.4, -0.2) is 56.0 Å². The molecule has 5 heteroatoms. The summed E-state index contributed by atoms with van der Waals surface area (Å²) in [6, 6.07) is -0.488. The highest BCUT2D eigenvalue weighted by molar-refractivity contribution is 5.94. The molecule has 0 saturated carbocycles. The molecule has 0 aromatic heterocycles. The molecule has 0 aromatic carbocycles. The second kappa shape index (κ2) is 8.37. The van der Waals surface area contributed by atoms with Gasteiger partial charge in [-0.3, -0.25) is 9.59 Å². The van der Waals surface area contributed by atoms with E-state index in [0.717, 1.165) is 25.8 Å². The van der Waals surface area contributed by atoms with Gasteiger partial charge in [0.2, 0.25) is 5.91 Å². The summed E-state index contributed by atoms with van der Waals surface area (Å²) < 4.78 is 5.47. The second-order valence-electron chi connectivity index (χ2n) is 6.07. The Kier molecular flexibility index (Phi) is 7.16. The standard InChI is InChI=1S/C15H27N2O3/c1-11(2)6-5-7-14(19)16-15-12(18)10-20-13(15)8-9-17(3)4/h7,11,13,15H,5-6,8-10H2,1-4H3,(H,16,19). The quantitative estimate of drug-likeness (QED) is 0.723. The maximum atomic E-state index is 11.8. The van der Waals surface area contributed by atoms with Crippen LogP contribution >= 0.6 is 0 Å². The van der Waals surface area contributed by atoms with Crippen LogP contribution in [-0.2, 0) is 14.3 Å². The first-order valence-electron chi connectivity index (χ1n) is 7.33. The van der Waals surface area contributed by atoms with Crippen molar-refractivity contribution in [2.75, 3.05) is 27.2 Å². The van der Waals surface area contributed by atoms with Gasteiger partial charge in [0.15, 0.2) is 5.78 Å². The summed E-state index contributed by atoms with van der Waals surface area (Å²) in [6.07, 6.45) is 3.90. The molecule has 1 heterocycles. The third-order valence-corrected chi connectivity index (χ3v) is 3.39. The minimum absolute atomic E-state index is 0.0284. The van der Waals surface area contributed by atoms with Crippen LogP contribution < -0.4 is 5.32 Å². The third kappa shape index (κ3) is 6.01. The summed E-state index contributed by atoms with van der Waals surface area (Å²) in [5, 5.41) is 2.79. The van der Waals surface area contributed by atoms with Crippen molar-refractivity contribution in [1.82, 2.24) is 10.2 Å². The van der Waals surface area contributed by atoms with Gasteiger partial charge in [-0.25, -0.2) is 0 Å². The zero-order valence-corrected chi connectivity index (χ0v) is 13.0. The number of carbonyl (C=O) groups excluding carboxylic acids is 2. The molecule has 2 atom stereocenters. The summed E-state index contributed by atoms with van der Waals surface area (Å²) in [7, 11) is 3.95. The number of ketones is 1. The van der Waals surface area contributed by atoms with Crippen molar-refractivity contribution in [3.05, 3.63) is 6.42 Å². The van der Waals surface area contributed by atoms with Gasteiger partial charge in [-0.05, 0) is 32.9 Å². The summed E-state index contributed by atoms with van der Waals surface area (Å²) in [5.74, 6) is 0.382. The monoisotopic (exact) mass is 283 g/mol. The second-order valence-corrected chi connectivity index (χ2v) is 6.07. The van der Waals surface area contributed by atoms with Crippen molar-refractivity contribution < 1.29 is 14.3 Å². The highest BCUT2D eigenvalue weighted by atomic mass is 16.5. The van der Waals surface area contributed by atoms with Crippen molar-refractivity contribution >= 4 is 11.7 Å². The van der Waals surface area contributed by atoms with E-state index in [4.69, 9.17) is 4.74 Å². The third-order valence-electron chi connectivity index (χ3n) is 3.39. The first-order chi connectivity index (χ1) is 9.40. The number of ether oxygens (including phenoxy) is 1. The summed E-state index contributed by atoms with van der Waals surface area (Å²) >= 11 is 0. The lowest BCUT2D eigenvalue weighted by Gasteiger charge is -2.20. The molecule has 1 fully saturated rings. The number of nitrogens with one attached hydrogen (secondary N) is 1. The molecule has 1 aliphatic rings. The summed E-state index contributed by atoms with van der Waals surface area (Å²) in [6.45, 7) is 5.19. The van der Waals surface area contributed by atoms with Crippen LogP contribution in [0.3, 0.4) is 0 Å². The zero-order valence-electron chi connectivity index (χ0n) is 13.0. The Hall–Kier alpha value is -0.940. The van der Waals surface area contributed by atoms with Crippen molar-refractivity contribution in [2.24, 2.45) is 5.92 Å². The highest BCUT2D eigenvalue weighted by Gasteiger charge is 2.36. The average Bonchev–Trinajstić information content (AvgIpc) is 2.68. The van der Waals surface area contributed by atoms with Gasteiger partial charge >= 0.3 is 0 Å². The Morgan fingerprint density at radius 3 is 2.80 bits per heavy atom. The first-order valence-corrected chi connectivity index (χ1v) is 7.33. The van der Waals surface area contributed by atoms with Crippen LogP contribution in [0.1, 0.15) is 33.1 Å². The van der Waals surface area contributed by atoms with Crippen LogP contribution in [0.15, 0.2) is 0 Å². The molecular weight excluding hydrogens is 256 g/mol. The topological polar surface area (TPSA) is 58.6 Å². The maximum Gasteiger partial charge on any atom is 0.224 e. The van der Waals surface area contributed by atoms with Crippen LogP contribution in [0.5, 0.6) is 0 Å². The van der Waals surface area contributed by atoms with E-state index in [0.29, 0.717) is 5.92 Å². The SMILES string of the molecule is CC(C)CC[CH]C(=O)NC1C(=O)COC1CCN(C)C. The predicted molar refractivity (Wildman–Crippen MR) is 78.2 cm³/mol. The molecule has 1 saturated heterocycles. The van der Waals surface area contributed by atoms with Gasteiger partial charge < -0.3 is 15.0 Å². The molecule has 1 radical (unpaired) electrons. The predicted octanol–water partition coefficient (Wildman–Crippen LogP) is 1.03. The van der Waals surface area contributed by atoms with Crippen LogP contribution in [0, 0.1) is 12.3 Å². The molecule has 0 aromatic rings. The van der Waals surface area contributed by atoms with Gasteiger partial charge in [0, 0.05) is 13.0 Å². The summed E-state index contributed by atoms with van der Waals surface area (Å²) in [5.41, 5.74) is 0. The molecule has 20 heavy (non-hydrogen) atoms. The van der Waals surface area contributed by atoms with Crippen LogP contribution in [0.2, 0.25) is 0 Å². The molecular formula is C15H27N2O3. The normalized spacial score (nSPS) is 22.8. The fourth-order valence-corrected chi connectivity index (χ4v) is 2.15. The number of rotatable bonds is 8. The molecule has 0 spiro atoms. The van der Waals surface area contributed by atoms with Crippen molar-refractivity contribution in [3.8, 4) is 0 Å². The van der Waals surface area contributed by atoms with E-state index >= 15 is 0 Å². The first kappa shape index (κ1) is 17.1. The molecule has 1 amide bonds. The minimum Gasteiger partial charge on any atom is -0.368 e. The number of hydrogen-bond acceptors (Lipinski definition) is 4. The Morgan fingerprint density at radius 2 is 2.20 bits per heavy atom. The largest absolute Gasteiger partial charge is 0.368 e. The van der Waals surface area contributed by atoms with Crippen molar-refractivity contribution in [3.63, 3.8) is 0 Å². The van der Waals surface area contributed by atoms with E-state index in [1.54, 1.807) is 6.42 Å². The molecule has 0 bridgehead atoms.